The standard InChI is InChI=1S/C12H14N2O2/c1-2-10(9-15)8-13-12(16)14-11-6-4-3-5-7-11/h3-9H,2H2,1H3,(H2,13,14,16)/b10-8-. The lowest BCUT2D eigenvalue weighted by Crippen LogP contribution is -2.24. The van der Waals surface area contributed by atoms with Crippen LogP contribution in [0.2, 0.25) is 0 Å². The first-order chi connectivity index (χ1) is 7.76. The Kier molecular flexibility index (Phi) is 4.79. The summed E-state index contributed by atoms with van der Waals surface area (Å²) in [7, 11) is 0. The lowest BCUT2D eigenvalue weighted by molar-refractivity contribution is -0.105. The lowest BCUT2D eigenvalue weighted by Gasteiger charge is -2.04. The zero-order valence-electron chi connectivity index (χ0n) is 9.07. The molecule has 0 saturated heterocycles. The second-order valence-corrected chi connectivity index (χ2v) is 3.16. The largest absolute Gasteiger partial charge is 0.323 e. The Bertz CT molecular complexity index is 385. The van der Waals surface area contributed by atoms with E-state index in [1.165, 1.54) is 6.20 Å². The van der Waals surface area contributed by atoms with Crippen molar-refractivity contribution in [2.75, 3.05) is 5.32 Å². The molecule has 0 aliphatic carbocycles. The minimum absolute atomic E-state index is 0.362. The van der Waals surface area contributed by atoms with E-state index in [1.807, 2.05) is 25.1 Å². The van der Waals surface area contributed by atoms with Crippen LogP contribution in [0, 0.1) is 0 Å². The fourth-order valence-electron chi connectivity index (χ4n) is 1.07. The van der Waals surface area contributed by atoms with Crippen molar-refractivity contribution in [2.45, 2.75) is 13.3 Å². The van der Waals surface area contributed by atoms with Gasteiger partial charge in [0.2, 0.25) is 0 Å². The molecule has 84 valence electrons. The number of carbonyl (C=O) groups is 2. The highest BCUT2D eigenvalue weighted by molar-refractivity contribution is 5.90. The topological polar surface area (TPSA) is 58.2 Å². The number of hydrogen-bond donors (Lipinski definition) is 2. The number of nitrogens with one attached hydrogen (secondary N) is 2. The monoisotopic (exact) mass is 218 g/mol. The average molecular weight is 218 g/mol. The van der Waals surface area contributed by atoms with Crippen molar-refractivity contribution in [3.63, 3.8) is 0 Å². The maximum absolute atomic E-state index is 11.4. The van der Waals surface area contributed by atoms with E-state index in [2.05, 4.69) is 10.6 Å². The molecule has 0 aliphatic rings. The molecule has 0 atom stereocenters. The number of amides is 2. The summed E-state index contributed by atoms with van der Waals surface area (Å²) in [5.41, 5.74) is 1.25. The van der Waals surface area contributed by atoms with Gasteiger partial charge in [-0.3, -0.25) is 4.79 Å². The van der Waals surface area contributed by atoms with Crippen molar-refractivity contribution in [1.82, 2.24) is 5.32 Å². The molecule has 0 aromatic heterocycles. The minimum atomic E-state index is -0.362. The van der Waals surface area contributed by atoms with Crippen molar-refractivity contribution in [3.8, 4) is 0 Å². The van der Waals surface area contributed by atoms with Crippen LogP contribution in [0.5, 0.6) is 0 Å². The van der Waals surface area contributed by atoms with Crippen molar-refractivity contribution in [3.05, 3.63) is 42.1 Å². The number of carbonyl (C=O) groups excluding carboxylic acids is 2. The van der Waals surface area contributed by atoms with Gasteiger partial charge in [0.15, 0.2) is 0 Å². The Morgan fingerprint density at radius 3 is 2.56 bits per heavy atom. The first kappa shape index (κ1) is 12.0. The summed E-state index contributed by atoms with van der Waals surface area (Å²) in [6.45, 7) is 1.84. The van der Waals surface area contributed by atoms with Crippen LogP contribution in [0.15, 0.2) is 42.1 Å². The van der Waals surface area contributed by atoms with Gasteiger partial charge < -0.3 is 10.6 Å². The molecule has 0 fully saturated rings. The predicted octanol–water partition coefficient (Wildman–Crippen LogP) is 2.30. The highest BCUT2D eigenvalue weighted by Gasteiger charge is 1.98. The van der Waals surface area contributed by atoms with Crippen molar-refractivity contribution >= 4 is 18.0 Å². The Balaban J connectivity index is 2.48. The highest BCUT2D eigenvalue weighted by Crippen LogP contribution is 2.04. The first-order valence-electron chi connectivity index (χ1n) is 5.03. The molecule has 1 rings (SSSR count). The maximum atomic E-state index is 11.4. The zero-order valence-corrected chi connectivity index (χ0v) is 9.07. The highest BCUT2D eigenvalue weighted by atomic mass is 16.2. The van der Waals surface area contributed by atoms with Crippen molar-refractivity contribution in [1.29, 1.82) is 0 Å². The Labute approximate surface area is 94.4 Å². The van der Waals surface area contributed by atoms with Crippen LogP contribution >= 0.6 is 0 Å². The van der Waals surface area contributed by atoms with Gasteiger partial charge in [-0.25, -0.2) is 4.79 Å². The van der Waals surface area contributed by atoms with E-state index in [4.69, 9.17) is 0 Å². The second-order valence-electron chi connectivity index (χ2n) is 3.16. The number of urea groups is 1. The second kappa shape index (κ2) is 6.40. The molecule has 2 N–H and O–H groups in total. The number of allylic oxidation sites excluding steroid dienone is 1. The quantitative estimate of drug-likeness (QED) is 0.601. The molecular weight excluding hydrogens is 204 g/mol. The van der Waals surface area contributed by atoms with Crippen LogP contribution in [-0.2, 0) is 4.79 Å². The van der Waals surface area contributed by atoms with Crippen LogP contribution in [0.1, 0.15) is 13.3 Å². The van der Waals surface area contributed by atoms with Gasteiger partial charge in [-0.1, -0.05) is 25.1 Å². The Morgan fingerprint density at radius 2 is 2.00 bits per heavy atom. The summed E-state index contributed by atoms with van der Waals surface area (Å²) < 4.78 is 0. The van der Waals surface area contributed by atoms with Crippen LogP contribution in [0.25, 0.3) is 0 Å². The SMILES string of the molecule is CC/C(C=O)=C/NC(=O)Nc1ccccc1. The van der Waals surface area contributed by atoms with E-state index in [0.717, 1.165) is 6.29 Å². The van der Waals surface area contributed by atoms with Gasteiger partial charge in [0.25, 0.3) is 0 Å². The van der Waals surface area contributed by atoms with Crippen molar-refractivity contribution in [2.24, 2.45) is 0 Å². The molecule has 0 heterocycles. The van der Waals surface area contributed by atoms with Crippen LogP contribution in [0.4, 0.5) is 10.5 Å². The first-order valence-corrected chi connectivity index (χ1v) is 5.03. The number of para-hydroxylation sites is 1. The third kappa shape index (κ3) is 3.96. The molecular formula is C12H14N2O2. The third-order valence-electron chi connectivity index (χ3n) is 1.98. The molecule has 4 nitrogen and oxygen atoms in total. The maximum Gasteiger partial charge on any atom is 0.323 e. The van der Waals surface area contributed by atoms with Gasteiger partial charge >= 0.3 is 6.03 Å². The molecule has 0 unspecified atom stereocenters. The molecule has 16 heavy (non-hydrogen) atoms. The lowest BCUT2D eigenvalue weighted by atomic mass is 10.2. The van der Waals surface area contributed by atoms with E-state index in [1.54, 1.807) is 12.1 Å². The fraction of sp³-hybridized carbons (Fsp3) is 0.167. The predicted molar refractivity (Wildman–Crippen MR) is 63.0 cm³/mol. The molecule has 0 bridgehead atoms. The Hall–Kier alpha value is -2.10. The summed E-state index contributed by atoms with van der Waals surface area (Å²) in [6, 6.07) is 8.72. The van der Waals surface area contributed by atoms with Gasteiger partial charge in [0, 0.05) is 17.5 Å². The summed E-state index contributed by atoms with van der Waals surface area (Å²) in [5.74, 6) is 0. The summed E-state index contributed by atoms with van der Waals surface area (Å²) in [4.78, 5) is 21.8. The fourth-order valence-corrected chi connectivity index (χ4v) is 1.07. The molecule has 0 aliphatic heterocycles. The van der Waals surface area contributed by atoms with Gasteiger partial charge in [0.05, 0.1) is 0 Å². The zero-order chi connectivity index (χ0) is 11.8. The number of aldehydes is 1. The van der Waals surface area contributed by atoms with E-state index >= 15 is 0 Å². The van der Waals surface area contributed by atoms with Crippen LogP contribution in [0.3, 0.4) is 0 Å². The third-order valence-corrected chi connectivity index (χ3v) is 1.98. The summed E-state index contributed by atoms with van der Waals surface area (Å²) >= 11 is 0. The van der Waals surface area contributed by atoms with Gasteiger partial charge in [0.1, 0.15) is 6.29 Å². The van der Waals surface area contributed by atoms with E-state index in [-0.39, 0.29) is 6.03 Å². The van der Waals surface area contributed by atoms with Gasteiger partial charge in [-0.05, 0) is 18.6 Å². The van der Waals surface area contributed by atoms with Gasteiger partial charge in [-0.2, -0.15) is 0 Å². The molecule has 0 radical (unpaired) electrons. The molecule has 1 aromatic rings. The molecule has 1 aromatic carbocycles. The normalized spacial score (nSPS) is 10.7. The summed E-state index contributed by atoms with van der Waals surface area (Å²) in [6.07, 6.45) is 2.73. The van der Waals surface area contributed by atoms with Crippen LogP contribution < -0.4 is 10.6 Å². The van der Waals surface area contributed by atoms with E-state index in [0.29, 0.717) is 17.7 Å². The van der Waals surface area contributed by atoms with Gasteiger partial charge in [-0.15, -0.1) is 0 Å². The number of hydrogen-bond acceptors (Lipinski definition) is 2. The van der Waals surface area contributed by atoms with E-state index in [9.17, 15) is 9.59 Å². The van der Waals surface area contributed by atoms with Crippen molar-refractivity contribution < 1.29 is 9.59 Å². The number of anilines is 1. The molecule has 2 amide bonds. The molecule has 0 spiro atoms. The summed E-state index contributed by atoms with van der Waals surface area (Å²) in [5, 5.41) is 5.12. The molecule has 4 heteroatoms. The minimum Gasteiger partial charge on any atom is -0.314 e. The van der Waals surface area contributed by atoms with E-state index < -0.39 is 0 Å². The average Bonchev–Trinajstić information content (AvgIpc) is 2.31. The number of benzene rings is 1. The van der Waals surface area contributed by atoms with Crippen LogP contribution in [-0.4, -0.2) is 12.3 Å². The Morgan fingerprint density at radius 1 is 1.31 bits per heavy atom. The number of rotatable bonds is 4. The molecule has 0 saturated carbocycles. The smallest absolute Gasteiger partial charge is 0.314 e.